The van der Waals surface area contributed by atoms with Crippen LogP contribution >= 0.6 is 0 Å². The molecule has 0 atom stereocenters. The second-order valence-corrected chi connectivity index (χ2v) is 3.89. The number of rotatable bonds is 7. The predicted molar refractivity (Wildman–Crippen MR) is 73.3 cm³/mol. The lowest BCUT2D eigenvalue weighted by Crippen LogP contribution is -2.30. The van der Waals surface area contributed by atoms with E-state index in [2.05, 4.69) is 14.8 Å². The van der Waals surface area contributed by atoms with Crippen molar-refractivity contribution in [2.75, 3.05) is 26.9 Å². The van der Waals surface area contributed by atoms with Crippen molar-refractivity contribution in [1.29, 1.82) is 0 Å². The smallest absolute Gasteiger partial charge is 0.407 e. The average molecular weight is 295 g/mol. The number of esters is 1. The molecule has 21 heavy (non-hydrogen) atoms. The van der Waals surface area contributed by atoms with Gasteiger partial charge in [-0.1, -0.05) is 0 Å². The number of Topliss-reactive ketones (excluding diaryl/α,β-unsaturated/α-hetero) is 1. The molecule has 0 saturated heterocycles. The molecule has 0 aliphatic rings. The average Bonchev–Trinajstić information content (AvgIpc) is 2.51. The molecule has 0 unspecified atom stereocenters. The summed E-state index contributed by atoms with van der Waals surface area (Å²) in [6.07, 6.45) is -0.635. The first-order chi connectivity index (χ1) is 10.1. The van der Waals surface area contributed by atoms with E-state index >= 15 is 0 Å². The molecule has 0 bridgehead atoms. The van der Waals surface area contributed by atoms with Gasteiger partial charge in [-0.2, -0.15) is 0 Å². The third kappa shape index (κ3) is 5.94. The molecule has 0 aromatic heterocycles. The fourth-order valence-corrected chi connectivity index (χ4v) is 1.37. The molecule has 0 heterocycles. The van der Waals surface area contributed by atoms with Crippen LogP contribution in [0.1, 0.15) is 17.3 Å². The normalized spacial score (nSPS) is 9.62. The Balaban J connectivity index is 2.47. The van der Waals surface area contributed by atoms with Gasteiger partial charge < -0.3 is 19.5 Å². The monoisotopic (exact) mass is 295 g/mol. The van der Waals surface area contributed by atoms with Crippen LogP contribution in [0.5, 0.6) is 5.75 Å². The first-order valence-electron chi connectivity index (χ1n) is 6.30. The molecule has 1 aromatic rings. The quantitative estimate of drug-likeness (QED) is 0.599. The SMILES string of the molecule is CCOC(=O)NCC(=O)c1ccc(OCC(=O)OC)cc1. The molecule has 0 spiro atoms. The van der Waals surface area contributed by atoms with Crippen LogP contribution in [0.3, 0.4) is 0 Å². The lowest BCUT2D eigenvalue weighted by atomic mass is 10.1. The Morgan fingerprint density at radius 2 is 1.81 bits per heavy atom. The van der Waals surface area contributed by atoms with Crippen molar-refractivity contribution in [2.45, 2.75) is 6.92 Å². The molecule has 0 aliphatic heterocycles. The minimum absolute atomic E-state index is 0.152. The van der Waals surface area contributed by atoms with Crippen LogP contribution in [0, 0.1) is 0 Å². The number of carbonyl (C=O) groups is 3. The van der Waals surface area contributed by atoms with Gasteiger partial charge in [0.2, 0.25) is 0 Å². The van der Waals surface area contributed by atoms with Crippen molar-refractivity contribution >= 4 is 17.8 Å². The minimum atomic E-state index is -0.635. The summed E-state index contributed by atoms with van der Waals surface area (Å²) < 4.78 is 14.2. The second kappa shape index (κ2) is 8.57. The summed E-state index contributed by atoms with van der Waals surface area (Å²) in [6.45, 7) is 1.57. The Morgan fingerprint density at radius 3 is 2.38 bits per heavy atom. The van der Waals surface area contributed by atoms with E-state index in [1.807, 2.05) is 0 Å². The molecule has 0 radical (unpaired) electrons. The molecular formula is C14H17NO6. The lowest BCUT2D eigenvalue weighted by molar-refractivity contribution is -0.142. The van der Waals surface area contributed by atoms with Crippen LogP contribution in [0.4, 0.5) is 4.79 Å². The van der Waals surface area contributed by atoms with Gasteiger partial charge in [0.05, 0.1) is 20.3 Å². The third-order valence-electron chi connectivity index (χ3n) is 2.43. The van der Waals surface area contributed by atoms with E-state index < -0.39 is 12.1 Å². The van der Waals surface area contributed by atoms with Crippen molar-refractivity contribution in [1.82, 2.24) is 5.32 Å². The van der Waals surface area contributed by atoms with Gasteiger partial charge in [0.1, 0.15) is 5.75 Å². The summed E-state index contributed by atoms with van der Waals surface area (Å²) in [5.41, 5.74) is 0.414. The first-order valence-corrected chi connectivity index (χ1v) is 6.30. The van der Waals surface area contributed by atoms with Gasteiger partial charge in [0.25, 0.3) is 0 Å². The number of amides is 1. The van der Waals surface area contributed by atoms with Crippen molar-refractivity contribution in [3.63, 3.8) is 0 Å². The van der Waals surface area contributed by atoms with Gasteiger partial charge >= 0.3 is 12.1 Å². The van der Waals surface area contributed by atoms with E-state index in [1.54, 1.807) is 31.2 Å². The molecule has 114 valence electrons. The Kier molecular flexibility index (Phi) is 6.73. The van der Waals surface area contributed by atoms with Crippen LogP contribution in [0.25, 0.3) is 0 Å². The summed E-state index contributed by atoms with van der Waals surface area (Å²) in [5.74, 6) is -0.313. The van der Waals surface area contributed by atoms with Gasteiger partial charge in [-0.15, -0.1) is 0 Å². The Hall–Kier alpha value is -2.57. The molecule has 0 aliphatic carbocycles. The maximum absolute atomic E-state index is 11.8. The highest BCUT2D eigenvalue weighted by Gasteiger charge is 2.09. The molecule has 1 N–H and O–H groups in total. The highest BCUT2D eigenvalue weighted by atomic mass is 16.6. The highest BCUT2D eigenvalue weighted by molar-refractivity contribution is 5.98. The molecule has 1 amide bonds. The summed E-state index contributed by atoms with van der Waals surface area (Å²) in [7, 11) is 1.27. The highest BCUT2D eigenvalue weighted by Crippen LogP contribution is 2.12. The summed E-state index contributed by atoms with van der Waals surface area (Å²) in [6, 6.07) is 6.20. The zero-order valence-electron chi connectivity index (χ0n) is 11.9. The number of alkyl carbamates (subject to hydrolysis) is 1. The van der Waals surface area contributed by atoms with Crippen molar-refractivity contribution < 1.29 is 28.6 Å². The molecule has 0 fully saturated rings. The fraction of sp³-hybridized carbons (Fsp3) is 0.357. The maximum Gasteiger partial charge on any atom is 0.407 e. The van der Waals surface area contributed by atoms with E-state index in [-0.39, 0.29) is 25.5 Å². The van der Waals surface area contributed by atoms with Crippen LogP contribution in [0.2, 0.25) is 0 Å². The summed E-state index contributed by atoms with van der Waals surface area (Å²) >= 11 is 0. The zero-order chi connectivity index (χ0) is 15.7. The number of ketones is 1. The number of hydrogen-bond acceptors (Lipinski definition) is 6. The van der Waals surface area contributed by atoms with Crippen molar-refractivity contribution in [2.24, 2.45) is 0 Å². The van der Waals surface area contributed by atoms with Crippen LogP contribution in [0.15, 0.2) is 24.3 Å². The van der Waals surface area contributed by atoms with Crippen molar-refractivity contribution in [3.8, 4) is 5.75 Å². The lowest BCUT2D eigenvalue weighted by Gasteiger charge is -2.07. The van der Waals surface area contributed by atoms with E-state index in [0.29, 0.717) is 11.3 Å². The van der Waals surface area contributed by atoms with E-state index in [4.69, 9.17) is 4.74 Å². The van der Waals surface area contributed by atoms with Gasteiger partial charge in [0, 0.05) is 5.56 Å². The van der Waals surface area contributed by atoms with Crippen molar-refractivity contribution in [3.05, 3.63) is 29.8 Å². The van der Waals surface area contributed by atoms with E-state index in [9.17, 15) is 14.4 Å². The Morgan fingerprint density at radius 1 is 1.14 bits per heavy atom. The maximum atomic E-state index is 11.8. The number of nitrogens with one attached hydrogen (secondary N) is 1. The first kappa shape index (κ1) is 16.5. The topological polar surface area (TPSA) is 90.9 Å². The van der Waals surface area contributed by atoms with Gasteiger partial charge in [-0.3, -0.25) is 4.79 Å². The number of methoxy groups -OCH3 is 1. The largest absolute Gasteiger partial charge is 0.482 e. The molecular weight excluding hydrogens is 278 g/mol. The number of carbonyl (C=O) groups excluding carboxylic acids is 3. The molecule has 0 saturated carbocycles. The minimum Gasteiger partial charge on any atom is -0.482 e. The van der Waals surface area contributed by atoms with Gasteiger partial charge in [-0.05, 0) is 31.2 Å². The third-order valence-corrected chi connectivity index (χ3v) is 2.43. The second-order valence-electron chi connectivity index (χ2n) is 3.89. The fourth-order valence-electron chi connectivity index (χ4n) is 1.37. The van der Waals surface area contributed by atoms with Gasteiger partial charge in [-0.25, -0.2) is 9.59 Å². The molecule has 7 nitrogen and oxygen atoms in total. The number of ether oxygens (including phenoxy) is 3. The van der Waals surface area contributed by atoms with Gasteiger partial charge in [0.15, 0.2) is 12.4 Å². The Bertz CT molecular complexity index is 497. The predicted octanol–water partition coefficient (Wildman–Crippen LogP) is 1.17. The number of benzene rings is 1. The zero-order valence-corrected chi connectivity index (χ0v) is 11.9. The van der Waals surface area contributed by atoms with E-state index in [0.717, 1.165) is 0 Å². The molecule has 1 aromatic carbocycles. The summed E-state index contributed by atoms with van der Waals surface area (Å²) in [5, 5.41) is 2.34. The summed E-state index contributed by atoms with van der Waals surface area (Å²) in [4.78, 5) is 33.8. The standard InChI is InChI=1S/C14H17NO6/c1-3-20-14(18)15-8-12(16)10-4-6-11(7-5-10)21-9-13(17)19-2/h4-7H,3,8-9H2,1-2H3,(H,15,18). The van der Waals surface area contributed by atoms with Crippen LogP contribution in [-0.4, -0.2) is 44.7 Å². The Labute approximate surface area is 122 Å². The molecule has 7 heteroatoms. The number of hydrogen-bond donors (Lipinski definition) is 1. The van der Waals surface area contributed by atoms with Crippen LogP contribution < -0.4 is 10.1 Å². The molecule has 1 rings (SSSR count). The van der Waals surface area contributed by atoms with E-state index in [1.165, 1.54) is 7.11 Å². The van der Waals surface area contributed by atoms with Crippen LogP contribution in [-0.2, 0) is 14.3 Å².